The standard InChI is InChI=1S/C20H18ClFN2O2/c1-13-16-3-2-4-17(21)19(16)26-18(13)20(25)24-11-9-23(10-12-24)15-7-5-14(22)6-8-15/h2-8H,9-12H2,1H3. The summed E-state index contributed by atoms with van der Waals surface area (Å²) in [6.07, 6.45) is 0. The van der Waals surface area contributed by atoms with Crippen molar-refractivity contribution in [1.82, 2.24) is 4.90 Å². The van der Waals surface area contributed by atoms with Crippen molar-refractivity contribution in [2.45, 2.75) is 6.92 Å². The average Bonchev–Trinajstić information content (AvgIpc) is 3.00. The molecule has 1 aliphatic rings. The molecule has 2 heterocycles. The molecule has 4 nitrogen and oxygen atoms in total. The van der Waals surface area contributed by atoms with Crippen LogP contribution in [0.2, 0.25) is 5.02 Å². The number of para-hydroxylation sites is 1. The first-order valence-corrected chi connectivity index (χ1v) is 8.90. The van der Waals surface area contributed by atoms with Crippen molar-refractivity contribution in [2.75, 3.05) is 31.1 Å². The third kappa shape index (κ3) is 2.92. The maximum atomic E-state index is 13.1. The van der Waals surface area contributed by atoms with Crippen LogP contribution in [-0.4, -0.2) is 37.0 Å². The Labute approximate surface area is 155 Å². The zero-order valence-corrected chi connectivity index (χ0v) is 15.1. The van der Waals surface area contributed by atoms with Gasteiger partial charge in [-0.3, -0.25) is 4.79 Å². The molecule has 0 radical (unpaired) electrons. The van der Waals surface area contributed by atoms with E-state index < -0.39 is 0 Å². The van der Waals surface area contributed by atoms with Gasteiger partial charge in [0.05, 0.1) is 5.02 Å². The molecule has 4 rings (SSSR count). The molecule has 1 saturated heterocycles. The molecule has 2 aromatic carbocycles. The van der Waals surface area contributed by atoms with Crippen LogP contribution in [0.1, 0.15) is 16.1 Å². The molecule has 1 aromatic heterocycles. The fourth-order valence-electron chi connectivity index (χ4n) is 3.38. The summed E-state index contributed by atoms with van der Waals surface area (Å²) in [7, 11) is 0. The molecule has 0 saturated carbocycles. The van der Waals surface area contributed by atoms with Crippen LogP contribution in [-0.2, 0) is 0 Å². The van der Waals surface area contributed by atoms with E-state index in [1.54, 1.807) is 23.1 Å². The van der Waals surface area contributed by atoms with Crippen molar-refractivity contribution in [3.8, 4) is 0 Å². The van der Waals surface area contributed by atoms with Gasteiger partial charge in [-0.2, -0.15) is 0 Å². The SMILES string of the molecule is Cc1c(C(=O)N2CCN(c3ccc(F)cc3)CC2)oc2c(Cl)cccc12. The minimum atomic E-state index is -0.249. The fraction of sp³-hybridized carbons (Fsp3) is 0.250. The Bertz CT molecular complexity index is 960. The number of fused-ring (bicyclic) bond motifs is 1. The average molecular weight is 373 g/mol. The molecule has 0 unspecified atom stereocenters. The van der Waals surface area contributed by atoms with Gasteiger partial charge in [0.1, 0.15) is 5.82 Å². The van der Waals surface area contributed by atoms with Gasteiger partial charge in [0, 0.05) is 42.8 Å². The largest absolute Gasteiger partial charge is 0.449 e. The van der Waals surface area contributed by atoms with E-state index in [2.05, 4.69) is 4.90 Å². The second-order valence-electron chi connectivity index (χ2n) is 6.43. The van der Waals surface area contributed by atoms with Gasteiger partial charge in [-0.25, -0.2) is 4.39 Å². The molecule has 0 N–H and O–H groups in total. The number of aryl methyl sites for hydroxylation is 1. The maximum absolute atomic E-state index is 13.1. The summed E-state index contributed by atoms with van der Waals surface area (Å²) in [5, 5.41) is 1.37. The number of anilines is 1. The van der Waals surface area contributed by atoms with Crippen LogP contribution in [0.25, 0.3) is 11.0 Å². The van der Waals surface area contributed by atoms with Gasteiger partial charge in [0.15, 0.2) is 11.3 Å². The zero-order valence-electron chi connectivity index (χ0n) is 14.3. The van der Waals surface area contributed by atoms with E-state index in [-0.39, 0.29) is 11.7 Å². The molecule has 6 heteroatoms. The number of rotatable bonds is 2. The van der Waals surface area contributed by atoms with E-state index in [9.17, 15) is 9.18 Å². The van der Waals surface area contributed by atoms with Crippen LogP contribution >= 0.6 is 11.6 Å². The summed E-state index contributed by atoms with van der Waals surface area (Å²) in [5.74, 6) is -0.0153. The molecule has 1 aliphatic heterocycles. The highest BCUT2D eigenvalue weighted by Crippen LogP contribution is 2.31. The monoisotopic (exact) mass is 372 g/mol. The summed E-state index contributed by atoms with van der Waals surface area (Å²) >= 11 is 6.18. The Hall–Kier alpha value is -2.53. The Morgan fingerprint density at radius 1 is 1.08 bits per heavy atom. The van der Waals surface area contributed by atoms with Gasteiger partial charge in [-0.05, 0) is 37.3 Å². The predicted octanol–water partition coefficient (Wildman–Crippen LogP) is 4.50. The number of furan rings is 1. The van der Waals surface area contributed by atoms with Crippen molar-refractivity contribution >= 4 is 34.2 Å². The summed E-state index contributed by atoms with van der Waals surface area (Å²) in [5.41, 5.74) is 2.33. The van der Waals surface area contributed by atoms with Crippen LogP contribution in [0, 0.1) is 12.7 Å². The molecular weight excluding hydrogens is 355 g/mol. The quantitative estimate of drug-likeness (QED) is 0.664. The van der Waals surface area contributed by atoms with Gasteiger partial charge >= 0.3 is 0 Å². The number of piperazine rings is 1. The van der Waals surface area contributed by atoms with Crippen LogP contribution in [0.4, 0.5) is 10.1 Å². The lowest BCUT2D eigenvalue weighted by atomic mass is 10.1. The number of carbonyl (C=O) groups excluding carboxylic acids is 1. The highest BCUT2D eigenvalue weighted by molar-refractivity contribution is 6.35. The second-order valence-corrected chi connectivity index (χ2v) is 6.84. The van der Waals surface area contributed by atoms with Crippen molar-refractivity contribution in [3.05, 3.63) is 64.6 Å². The Kier molecular flexibility index (Phi) is 4.32. The first-order valence-electron chi connectivity index (χ1n) is 8.52. The van der Waals surface area contributed by atoms with Gasteiger partial charge in [0.25, 0.3) is 5.91 Å². The lowest BCUT2D eigenvalue weighted by Crippen LogP contribution is -2.48. The fourth-order valence-corrected chi connectivity index (χ4v) is 3.59. The zero-order chi connectivity index (χ0) is 18.3. The Morgan fingerprint density at radius 2 is 1.77 bits per heavy atom. The lowest BCUT2D eigenvalue weighted by Gasteiger charge is -2.35. The first-order chi connectivity index (χ1) is 12.5. The van der Waals surface area contributed by atoms with E-state index in [1.807, 2.05) is 19.1 Å². The van der Waals surface area contributed by atoms with Crippen molar-refractivity contribution in [2.24, 2.45) is 0 Å². The molecule has 1 amide bonds. The van der Waals surface area contributed by atoms with Crippen LogP contribution < -0.4 is 4.90 Å². The highest BCUT2D eigenvalue weighted by Gasteiger charge is 2.27. The molecular formula is C20H18ClFN2O2. The summed E-state index contributed by atoms with van der Waals surface area (Å²) < 4.78 is 18.9. The van der Waals surface area contributed by atoms with Gasteiger partial charge in [0.2, 0.25) is 0 Å². The summed E-state index contributed by atoms with van der Waals surface area (Å²) in [6, 6.07) is 11.9. The minimum Gasteiger partial charge on any atom is -0.449 e. The Balaban J connectivity index is 1.51. The van der Waals surface area contributed by atoms with Gasteiger partial charge < -0.3 is 14.2 Å². The van der Waals surface area contributed by atoms with E-state index >= 15 is 0 Å². The third-order valence-electron chi connectivity index (χ3n) is 4.87. The van der Waals surface area contributed by atoms with Crippen molar-refractivity contribution in [3.63, 3.8) is 0 Å². The molecule has 1 fully saturated rings. The molecule has 0 aliphatic carbocycles. The number of benzene rings is 2. The highest BCUT2D eigenvalue weighted by atomic mass is 35.5. The number of hydrogen-bond acceptors (Lipinski definition) is 3. The molecule has 134 valence electrons. The predicted molar refractivity (Wildman–Crippen MR) is 100 cm³/mol. The van der Waals surface area contributed by atoms with Crippen LogP contribution in [0.15, 0.2) is 46.9 Å². The number of nitrogens with zero attached hydrogens (tertiary/aromatic N) is 2. The molecule has 0 atom stereocenters. The molecule has 0 bridgehead atoms. The normalized spacial score (nSPS) is 14.9. The van der Waals surface area contributed by atoms with E-state index in [0.29, 0.717) is 42.5 Å². The summed E-state index contributed by atoms with van der Waals surface area (Å²) in [4.78, 5) is 16.8. The number of halogens is 2. The topological polar surface area (TPSA) is 36.7 Å². The van der Waals surface area contributed by atoms with Gasteiger partial charge in [-0.15, -0.1) is 0 Å². The van der Waals surface area contributed by atoms with E-state index in [4.69, 9.17) is 16.0 Å². The van der Waals surface area contributed by atoms with Crippen LogP contribution in [0.3, 0.4) is 0 Å². The lowest BCUT2D eigenvalue weighted by molar-refractivity contribution is 0.0716. The minimum absolute atomic E-state index is 0.117. The number of carbonyl (C=O) groups is 1. The Morgan fingerprint density at radius 3 is 2.42 bits per heavy atom. The van der Waals surface area contributed by atoms with E-state index in [0.717, 1.165) is 16.6 Å². The van der Waals surface area contributed by atoms with E-state index in [1.165, 1.54) is 12.1 Å². The number of amides is 1. The number of hydrogen-bond donors (Lipinski definition) is 0. The van der Waals surface area contributed by atoms with Crippen molar-refractivity contribution in [1.29, 1.82) is 0 Å². The second kappa shape index (κ2) is 6.65. The smallest absolute Gasteiger partial charge is 0.290 e. The van der Waals surface area contributed by atoms with Crippen LogP contribution in [0.5, 0.6) is 0 Å². The maximum Gasteiger partial charge on any atom is 0.290 e. The molecule has 0 spiro atoms. The summed E-state index contributed by atoms with van der Waals surface area (Å²) in [6.45, 7) is 4.43. The molecule has 3 aromatic rings. The van der Waals surface area contributed by atoms with Crippen molar-refractivity contribution < 1.29 is 13.6 Å². The first kappa shape index (κ1) is 16.9. The third-order valence-corrected chi connectivity index (χ3v) is 5.17. The van der Waals surface area contributed by atoms with Gasteiger partial charge in [-0.1, -0.05) is 23.7 Å². The molecule has 26 heavy (non-hydrogen) atoms.